The Balaban J connectivity index is 1.77. The minimum absolute atomic E-state index is 0.0101. The molecule has 4 nitrogen and oxygen atoms in total. The van der Waals surface area contributed by atoms with E-state index in [-0.39, 0.29) is 22.5 Å². The molecule has 160 valence electrons. The Morgan fingerprint density at radius 2 is 1.62 bits per heavy atom. The number of hydrogen-bond acceptors (Lipinski definition) is 3. The van der Waals surface area contributed by atoms with Gasteiger partial charge in [0, 0.05) is 10.7 Å². The van der Waals surface area contributed by atoms with Gasteiger partial charge in [-0.3, -0.25) is 14.5 Å². The third kappa shape index (κ3) is 3.23. The summed E-state index contributed by atoms with van der Waals surface area (Å²) < 4.78 is 5.98. The number of carbonyl (C=O) groups is 1. The van der Waals surface area contributed by atoms with Crippen molar-refractivity contribution >= 4 is 34.2 Å². The highest BCUT2D eigenvalue weighted by atomic mass is 35.5. The van der Waals surface area contributed by atoms with Crippen LogP contribution >= 0.6 is 11.6 Å². The van der Waals surface area contributed by atoms with Gasteiger partial charge in [0.25, 0.3) is 5.91 Å². The quantitative estimate of drug-likeness (QED) is 0.355. The average Bonchev–Trinajstić information content (AvgIpc) is 3.06. The summed E-state index contributed by atoms with van der Waals surface area (Å²) in [6.07, 6.45) is 0. The minimum atomic E-state index is -0.606. The third-order valence-electron chi connectivity index (χ3n) is 5.96. The summed E-state index contributed by atoms with van der Waals surface area (Å²) >= 11 is 6.24. The Bertz CT molecular complexity index is 1410. The van der Waals surface area contributed by atoms with Crippen LogP contribution in [0.2, 0.25) is 5.02 Å². The second-order valence-corrected chi connectivity index (χ2v) is 9.54. The minimum Gasteiger partial charge on any atom is -0.450 e. The van der Waals surface area contributed by atoms with Crippen molar-refractivity contribution in [2.75, 3.05) is 4.90 Å². The van der Waals surface area contributed by atoms with E-state index in [0.717, 1.165) is 5.56 Å². The molecule has 0 aliphatic carbocycles. The van der Waals surface area contributed by atoms with Gasteiger partial charge in [-0.2, -0.15) is 0 Å². The zero-order valence-electron chi connectivity index (χ0n) is 18.1. The van der Waals surface area contributed by atoms with Crippen LogP contribution in [0.15, 0.2) is 82.0 Å². The van der Waals surface area contributed by atoms with Crippen LogP contribution in [-0.4, -0.2) is 5.91 Å². The van der Waals surface area contributed by atoms with E-state index < -0.39 is 6.04 Å². The number of nitrogens with zero attached hydrogens (tertiary/aromatic N) is 1. The standard InChI is InChI=1S/C27H22ClNO3/c1-27(2,3)17-13-11-16(12-14-17)23-22-24(30)20-9-4-5-10-21(20)32-25(22)26(31)29(23)19-8-6-7-18(28)15-19/h4-15,23H,1-3H3. The summed E-state index contributed by atoms with van der Waals surface area (Å²) in [4.78, 5) is 28.7. The van der Waals surface area contributed by atoms with Gasteiger partial charge < -0.3 is 4.42 Å². The lowest BCUT2D eigenvalue weighted by Crippen LogP contribution is -2.29. The van der Waals surface area contributed by atoms with Gasteiger partial charge in [-0.15, -0.1) is 0 Å². The van der Waals surface area contributed by atoms with Crippen LogP contribution < -0.4 is 10.3 Å². The molecule has 0 saturated heterocycles. The highest BCUT2D eigenvalue weighted by molar-refractivity contribution is 6.31. The van der Waals surface area contributed by atoms with Gasteiger partial charge in [-0.1, -0.05) is 74.8 Å². The van der Waals surface area contributed by atoms with E-state index in [1.165, 1.54) is 5.56 Å². The molecule has 0 saturated carbocycles. The number of hydrogen-bond donors (Lipinski definition) is 0. The van der Waals surface area contributed by atoms with Crippen molar-refractivity contribution in [2.24, 2.45) is 0 Å². The van der Waals surface area contributed by atoms with Gasteiger partial charge in [0.1, 0.15) is 5.58 Å². The average molecular weight is 444 g/mol. The fourth-order valence-electron chi connectivity index (χ4n) is 4.29. The highest BCUT2D eigenvalue weighted by Gasteiger charge is 2.43. The maximum atomic E-state index is 13.6. The Hall–Kier alpha value is -3.37. The Kier molecular flexibility index (Phi) is 4.72. The maximum Gasteiger partial charge on any atom is 0.295 e. The van der Waals surface area contributed by atoms with Crippen LogP contribution in [0, 0.1) is 0 Å². The zero-order chi connectivity index (χ0) is 22.6. The van der Waals surface area contributed by atoms with Crippen LogP contribution in [-0.2, 0) is 5.41 Å². The van der Waals surface area contributed by atoms with Gasteiger partial charge in [-0.25, -0.2) is 0 Å². The van der Waals surface area contributed by atoms with Gasteiger partial charge in [0.15, 0.2) is 5.43 Å². The fourth-order valence-corrected chi connectivity index (χ4v) is 4.48. The summed E-state index contributed by atoms with van der Waals surface area (Å²) in [5.74, 6) is -0.270. The van der Waals surface area contributed by atoms with Crippen molar-refractivity contribution in [1.82, 2.24) is 0 Å². The van der Waals surface area contributed by atoms with Crippen molar-refractivity contribution < 1.29 is 9.21 Å². The van der Waals surface area contributed by atoms with Crippen LogP contribution in [0.3, 0.4) is 0 Å². The molecule has 0 fully saturated rings. The Morgan fingerprint density at radius 1 is 0.906 bits per heavy atom. The number of rotatable bonds is 2. The number of carbonyl (C=O) groups excluding carboxylic acids is 1. The molecule has 1 amide bonds. The molecule has 2 heterocycles. The number of halogens is 1. The summed E-state index contributed by atoms with van der Waals surface area (Å²) in [6, 6.07) is 21.6. The van der Waals surface area contributed by atoms with Crippen LogP contribution in [0.5, 0.6) is 0 Å². The first-order valence-electron chi connectivity index (χ1n) is 10.5. The number of benzene rings is 3. The lowest BCUT2D eigenvalue weighted by molar-refractivity contribution is 0.0971. The largest absolute Gasteiger partial charge is 0.450 e. The van der Waals surface area contributed by atoms with Crippen molar-refractivity contribution in [2.45, 2.75) is 32.2 Å². The molecular formula is C27H22ClNO3. The fraction of sp³-hybridized carbons (Fsp3) is 0.185. The molecule has 5 heteroatoms. The molecule has 3 aromatic carbocycles. The van der Waals surface area contributed by atoms with Crippen LogP contribution in [0.25, 0.3) is 11.0 Å². The first-order chi connectivity index (χ1) is 15.3. The van der Waals surface area contributed by atoms with Gasteiger partial charge in [0.2, 0.25) is 5.76 Å². The first-order valence-corrected chi connectivity index (χ1v) is 10.9. The van der Waals surface area contributed by atoms with E-state index in [4.69, 9.17) is 16.0 Å². The van der Waals surface area contributed by atoms with E-state index >= 15 is 0 Å². The number of para-hydroxylation sites is 1. The predicted octanol–water partition coefficient (Wildman–Crippen LogP) is 6.49. The molecular weight excluding hydrogens is 422 g/mol. The van der Waals surface area contributed by atoms with Crippen molar-refractivity contribution in [1.29, 1.82) is 0 Å². The summed E-state index contributed by atoms with van der Waals surface area (Å²) in [7, 11) is 0. The second-order valence-electron chi connectivity index (χ2n) is 9.10. The normalized spacial score (nSPS) is 15.9. The van der Waals surface area contributed by atoms with Crippen LogP contribution in [0.1, 0.15) is 54.1 Å². The number of amides is 1. The highest BCUT2D eigenvalue weighted by Crippen LogP contribution is 2.42. The van der Waals surface area contributed by atoms with Gasteiger partial charge in [-0.05, 0) is 46.9 Å². The molecule has 0 spiro atoms. The molecule has 4 aromatic rings. The molecule has 1 unspecified atom stereocenters. The second kappa shape index (κ2) is 7.35. The smallest absolute Gasteiger partial charge is 0.295 e. The summed E-state index contributed by atoms with van der Waals surface area (Å²) in [5, 5.41) is 0.973. The molecule has 0 N–H and O–H groups in total. The number of fused-ring (bicyclic) bond motifs is 2. The molecule has 1 aromatic heterocycles. The Labute approximate surface area is 191 Å². The van der Waals surface area contributed by atoms with Crippen LogP contribution in [0.4, 0.5) is 5.69 Å². The van der Waals surface area contributed by atoms with E-state index in [0.29, 0.717) is 27.2 Å². The molecule has 0 bridgehead atoms. The zero-order valence-corrected chi connectivity index (χ0v) is 18.8. The molecule has 1 aliphatic heterocycles. The number of anilines is 1. The SMILES string of the molecule is CC(C)(C)c1ccc(C2c3c(oc4ccccc4c3=O)C(=O)N2c2cccc(Cl)c2)cc1. The van der Waals surface area contributed by atoms with E-state index in [1.807, 2.05) is 18.2 Å². The molecule has 1 aliphatic rings. The monoisotopic (exact) mass is 443 g/mol. The van der Waals surface area contributed by atoms with E-state index in [1.54, 1.807) is 47.4 Å². The third-order valence-corrected chi connectivity index (χ3v) is 6.19. The van der Waals surface area contributed by atoms with Gasteiger partial charge >= 0.3 is 0 Å². The molecule has 5 rings (SSSR count). The topological polar surface area (TPSA) is 50.5 Å². The molecule has 0 radical (unpaired) electrons. The summed E-state index contributed by atoms with van der Waals surface area (Å²) in [5.41, 5.74) is 3.19. The Morgan fingerprint density at radius 3 is 2.31 bits per heavy atom. The predicted molar refractivity (Wildman–Crippen MR) is 128 cm³/mol. The van der Waals surface area contributed by atoms with E-state index in [2.05, 4.69) is 32.9 Å². The van der Waals surface area contributed by atoms with Crippen molar-refractivity contribution in [3.63, 3.8) is 0 Å². The molecule has 32 heavy (non-hydrogen) atoms. The summed E-state index contributed by atoms with van der Waals surface area (Å²) in [6.45, 7) is 6.44. The van der Waals surface area contributed by atoms with E-state index in [9.17, 15) is 9.59 Å². The first kappa shape index (κ1) is 20.5. The molecule has 1 atom stereocenters. The van der Waals surface area contributed by atoms with Crippen molar-refractivity contribution in [3.05, 3.63) is 110 Å². The lowest BCUT2D eigenvalue weighted by atomic mass is 9.86. The van der Waals surface area contributed by atoms with Crippen molar-refractivity contribution in [3.8, 4) is 0 Å². The maximum absolute atomic E-state index is 13.6. The lowest BCUT2D eigenvalue weighted by Gasteiger charge is -2.26. The van der Waals surface area contributed by atoms with Gasteiger partial charge in [0.05, 0.1) is 17.0 Å².